The Morgan fingerprint density at radius 2 is 0.760 bits per heavy atom. The van der Waals surface area contributed by atoms with Gasteiger partial charge >= 0.3 is 6.36 Å². The number of H-pyrrole nitrogens is 3. The number of ketones is 3. The smallest absolute Gasteiger partial charge is 0.405 e. The maximum Gasteiger partial charge on any atom is 0.573 e. The minimum atomic E-state index is -4.77. The zero-order chi connectivity index (χ0) is 102. The zero-order valence-electron chi connectivity index (χ0n) is 80.4. The van der Waals surface area contributed by atoms with Crippen molar-refractivity contribution in [3.63, 3.8) is 0 Å². The topological polar surface area (TPSA) is 358 Å². The van der Waals surface area contributed by atoms with Gasteiger partial charge in [-0.15, -0.1) is 13.2 Å². The molecule has 23 rings (SSSR count). The highest BCUT2D eigenvalue weighted by molar-refractivity contribution is 6.30. The first-order chi connectivity index (χ1) is 70.7. The summed E-state index contributed by atoms with van der Waals surface area (Å²) in [6, 6.07) is 34.3. The number of fused-ring (bicyclic) bond motifs is 6. The Bertz CT molecular complexity index is 7340. The summed E-state index contributed by atoms with van der Waals surface area (Å²) in [4.78, 5) is 110. The molecule has 0 unspecified atom stereocenters. The summed E-state index contributed by atoms with van der Waals surface area (Å²) in [5, 5.41) is 14.4. The van der Waals surface area contributed by atoms with Crippen LogP contribution in [0.1, 0.15) is 229 Å². The van der Waals surface area contributed by atoms with Gasteiger partial charge in [-0.2, -0.15) is 15.3 Å². The van der Waals surface area contributed by atoms with Crippen LogP contribution in [0.15, 0.2) is 194 Å². The van der Waals surface area contributed by atoms with Gasteiger partial charge in [-0.3, -0.25) is 28.8 Å². The van der Waals surface area contributed by atoms with E-state index in [4.69, 9.17) is 50.0 Å². The summed E-state index contributed by atoms with van der Waals surface area (Å²) in [7, 11) is 0. The molecule has 40 heteroatoms. The zero-order valence-corrected chi connectivity index (χ0v) is 81.1. The average molecular weight is 2030 g/mol. The van der Waals surface area contributed by atoms with Gasteiger partial charge in [0.2, 0.25) is 0 Å². The van der Waals surface area contributed by atoms with Crippen molar-refractivity contribution in [1.29, 1.82) is 0 Å². The second-order valence-electron chi connectivity index (χ2n) is 37.6. The monoisotopic (exact) mass is 2030 g/mol. The van der Waals surface area contributed by atoms with Crippen LogP contribution in [0, 0.1) is 35.0 Å². The van der Waals surface area contributed by atoms with Crippen molar-refractivity contribution in [1.82, 2.24) is 72.9 Å². The number of nitrogens with one attached hydrogen (secondary N) is 3. The summed E-state index contributed by atoms with van der Waals surface area (Å²) in [6.07, 6.45) is 19.2. The van der Waals surface area contributed by atoms with E-state index in [2.05, 4.69) is 77.9 Å². The highest BCUT2D eigenvalue weighted by atomic mass is 35.5. The highest BCUT2D eigenvalue weighted by Gasteiger charge is 2.36. The molecular formula is C106H109ClF8N18O13. The first-order valence-corrected chi connectivity index (χ1v) is 49.6. The van der Waals surface area contributed by atoms with E-state index >= 15 is 0 Å². The molecule has 146 heavy (non-hydrogen) atoms. The Balaban J connectivity index is 0.000000115. The molecular weight excluding hydrogens is 1920 g/mol. The molecule has 0 aliphatic carbocycles. The highest BCUT2D eigenvalue weighted by Crippen LogP contribution is 2.40. The Hall–Kier alpha value is -13.7. The number of carbonyl (C=O) groups is 3. The van der Waals surface area contributed by atoms with E-state index in [0.717, 1.165) is 156 Å². The van der Waals surface area contributed by atoms with Crippen molar-refractivity contribution in [2.75, 3.05) is 79.3 Å². The lowest BCUT2D eigenvalue weighted by Crippen LogP contribution is -2.21. The Kier molecular flexibility index (Phi) is 32.8. The number of rotatable bonds is 19. The van der Waals surface area contributed by atoms with Gasteiger partial charge in [0.15, 0.2) is 45.9 Å². The molecule has 0 bridgehead atoms. The fraction of sp³-hybridized carbons (Fsp3) is 0.406. The Labute approximate surface area is 836 Å². The molecule has 6 saturated heterocycles. The summed E-state index contributed by atoms with van der Waals surface area (Å²) in [5.74, 6) is 1.05. The van der Waals surface area contributed by atoms with E-state index in [-0.39, 0.29) is 118 Å². The summed E-state index contributed by atoms with van der Waals surface area (Å²) in [5.41, 5.74) is 7.78. The largest absolute Gasteiger partial charge is 0.573 e. The van der Waals surface area contributed by atoms with Crippen LogP contribution in [0.3, 0.4) is 0 Å². The van der Waals surface area contributed by atoms with Crippen LogP contribution < -0.4 is 21.4 Å². The normalized spacial score (nSPS) is 17.2. The predicted molar refractivity (Wildman–Crippen MR) is 529 cm³/mol. The van der Waals surface area contributed by atoms with Gasteiger partial charge in [-0.05, 0) is 172 Å². The van der Waals surface area contributed by atoms with Crippen LogP contribution in [-0.2, 0) is 60.5 Å². The first-order valence-electron chi connectivity index (χ1n) is 49.2. The number of aromatic amines is 3. The number of benzene rings is 5. The number of nitrogens with zero attached hydrogens (tertiary/aromatic N) is 15. The fourth-order valence-corrected chi connectivity index (χ4v) is 19.8. The number of ether oxygens (including phenoxy) is 7. The lowest BCUT2D eigenvalue weighted by atomic mass is 9.97. The number of halogens is 9. The van der Waals surface area contributed by atoms with Crippen LogP contribution in [0.4, 0.5) is 52.6 Å². The van der Waals surface area contributed by atoms with Crippen LogP contribution in [0.25, 0.3) is 33.1 Å². The molecule has 0 saturated carbocycles. The minimum Gasteiger partial charge on any atom is -0.405 e. The third-order valence-electron chi connectivity index (χ3n) is 26.9. The summed E-state index contributed by atoms with van der Waals surface area (Å²) >= 11 is 5.82. The molecule has 9 aliphatic heterocycles. The summed E-state index contributed by atoms with van der Waals surface area (Å²) < 4.78 is 154. The molecule has 3 N–H and O–H groups in total. The van der Waals surface area contributed by atoms with Crippen molar-refractivity contribution in [3.8, 4) is 5.75 Å². The molecule has 0 atom stereocenters. The van der Waals surface area contributed by atoms with Gasteiger partial charge in [-0.25, -0.2) is 65.9 Å². The summed E-state index contributed by atoms with van der Waals surface area (Å²) in [6.45, 7) is 12.7. The van der Waals surface area contributed by atoms with E-state index < -0.39 is 23.8 Å². The number of hydrogen-bond acceptors (Lipinski definition) is 22. The molecule has 0 radical (unpaired) electrons. The molecule has 14 aromatic rings. The SMILES string of the molecule is CC(C)CC1=Nc2c(ccn2C2CCOCC2)C(=O)C1.O=C1CC(Cc2cccc(F)c2)=Nc2c1ccn2C1CCOCC1.O=C1CC(Cc2ccccc2OC(F)(F)F)=Nc2c1ccn2C1CCOCC1.O=c1[nH]c(Cc2ccc(F)c(Cl)c2)nc2c1cnn2C1CCOCC1.O=c1[nH]c(Cc2cccc(F)c2F)nc2c1cnn2C1CCOCC1.O=c1[nH]c(Cc2ccccc2F)nc2c1cnn2C1CCOCC1. The van der Waals surface area contributed by atoms with Crippen molar-refractivity contribution in [2.45, 2.75) is 191 Å². The second-order valence-corrected chi connectivity index (χ2v) is 38.0. The van der Waals surface area contributed by atoms with Crippen molar-refractivity contribution in [2.24, 2.45) is 20.9 Å². The number of aliphatic imine (C=N–C) groups is 3. The van der Waals surface area contributed by atoms with Crippen LogP contribution >= 0.6 is 11.6 Å². The van der Waals surface area contributed by atoms with Crippen LogP contribution in [0.5, 0.6) is 5.75 Å². The lowest BCUT2D eigenvalue weighted by molar-refractivity contribution is -0.274. The minimum absolute atomic E-state index is 0.00622. The van der Waals surface area contributed by atoms with Gasteiger partial charge in [0.05, 0.1) is 71.3 Å². The van der Waals surface area contributed by atoms with Crippen LogP contribution in [0.2, 0.25) is 5.02 Å². The number of hydrogen-bond donors (Lipinski definition) is 3. The van der Waals surface area contributed by atoms with E-state index in [9.17, 15) is 63.9 Å². The molecule has 9 aromatic heterocycles. The molecule has 5 aromatic carbocycles. The van der Waals surface area contributed by atoms with Gasteiger partial charge in [0.1, 0.15) is 74.3 Å². The second kappa shape index (κ2) is 46.8. The molecule has 6 fully saturated rings. The Morgan fingerprint density at radius 3 is 1.18 bits per heavy atom. The maximum atomic E-state index is 13.9. The van der Waals surface area contributed by atoms with Crippen molar-refractivity contribution < 1.29 is 82.7 Å². The van der Waals surface area contributed by atoms with E-state index in [1.54, 1.807) is 70.3 Å². The third kappa shape index (κ3) is 24.8. The van der Waals surface area contributed by atoms with Crippen molar-refractivity contribution >= 4 is 96.6 Å². The maximum absolute atomic E-state index is 13.9. The van der Waals surface area contributed by atoms with E-state index in [1.165, 1.54) is 60.8 Å². The molecule has 9 aliphatic rings. The van der Waals surface area contributed by atoms with Gasteiger partial charge in [0.25, 0.3) is 16.7 Å². The van der Waals surface area contributed by atoms with Gasteiger partial charge < -0.3 is 61.8 Å². The number of Topliss-reactive ketones (excluding diaryl/α,β-unsaturated/α-hetero) is 3. The quantitative estimate of drug-likeness (QED) is 0.0633. The number of para-hydroxylation sites is 1. The third-order valence-corrected chi connectivity index (χ3v) is 27.2. The fourth-order valence-electron chi connectivity index (χ4n) is 19.6. The predicted octanol–water partition coefficient (Wildman–Crippen LogP) is 19.5. The average Bonchev–Trinajstić information content (AvgIpc) is 1.85. The molecule has 18 heterocycles. The standard InChI is InChI=1S/C20H19F3N2O3.C19H19FN2O2.C17H16ClFN4O2.C17H16F2N4O2.C17H17FN4O2.C16H22N2O2/c21-20(22,23)28-18-4-2-1-3-13(18)11-14-12-17(26)16-5-8-25(19(16)24-14)15-6-9-27-10-7-15;20-14-3-1-2-13(10-14)11-15-12-18(23)17-4-7-22(19(17)21-15)16-5-8-24-9-6-16;18-13-7-10(1-2-14(13)19)8-15-21-16-12(17(24)22-15)9-20-23(16)11-3-5-25-6-4-11;18-13-3-1-2-10(15(13)19)8-14-21-16-12(17(24)22-14)9-20-23(16)11-4-6-25-7-5-11;18-14-4-2-1-3-11(14)9-15-20-16-13(17(23)21-15)10-19-22(16)12-5-7-24-8-6-12;1-11(2)9-12-10-15(19)14-3-6-18(16(14)17-12)13-4-7-20-8-5-13/h1-5,8,15H,6-7,9-12H2;1-4,7,10,16H,5-6,8-9,11-12H2;1-2,7,9,11H,3-6,8H2,(H,21,22,24);1-3,9,11H,4-8H2,(H,21,22,24);1-4,10,12H,5-9H2,(H,20,21,23);3,6,11,13H,4-5,7-10H2,1-2H3. The number of carbonyl (C=O) groups excluding carboxylic acids is 3. The molecule has 764 valence electrons. The molecule has 0 amide bonds. The lowest BCUT2D eigenvalue weighted by Gasteiger charge is -2.26. The Morgan fingerprint density at radius 1 is 0.390 bits per heavy atom. The van der Waals surface area contributed by atoms with E-state index in [1.807, 2.05) is 46.0 Å². The van der Waals surface area contributed by atoms with Crippen LogP contribution in [-0.4, -0.2) is 193 Å². The number of alkyl halides is 3. The van der Waals surface area contributed by atoms with Crippen molar-refractivity contribution in [3.05, 3.63) is 292 Å². The van der Waals surface area contributed by atoms with Gasteiger partial charge in [-0.1, -0.05) is 92.2 Å². The molecule has 0 spiro atoms. The first kappa shape index (κ1) is 102. The van der Waals surface area contributed by atoms with E-state index in [0.29, 0.717) is 175 Å². The number of aromatic nitrogens is 15. The molecule has 31 nitrogen and oxygen atoms in total. The van der Waals surface area contributed by atoms with Gasteiger partial charge in [0, 0.05) is 177 Å².